The van der Waals surface area contributed by atoms with Crippen LogP contribution in [0.4, 0.5) is 5.82 Å². The van der Waals surface area contributed by atoms with E-state index in [0.717, 1.165) is 5.56 Å². The third-order valence-electron chi connectivity index (χ3n) is 5.78. The molecule has 0 fully saturated rings. The van der Waals surface area contributed by atoms with Gasteiger partial charge in [0, 0.05) is 0 Å². The third-order valence-corrected chi connectivity index (χ3v) is 7.13. The number of hydrogen-bond donors (Lipinski definition) is 3. The summed E-state index contributed by atoms with van der Waals surface area (Å²) in [6, 6.07) is 14.8. The molecule has 0 aliphatic heterocycles. The van der Waals surface area contributed by atoms with E-state index in [2.05, 4.69) is 14.7 Å². The lowest BCUT2D eigenvalue weighted by molar-refractivity contribution is 0.0513. The van der Waals surface area contributed by atoms with Crippen molar-refractivity contribution < 1.29 is 37.3 Å². The van der Waals surface area contributed by atoms with Gasteiger partial charge in [-0.3, -0.25) is 4.72 Å². The number of para-hydroxylation sites is 2. The van der Waals surface area contributed by atoms with Crippen molar-refractivity contribution in [3.63, 3.8) is 0 Å². The fraction of sp³-hybridized carbons (Fsp3) is 0.286. The molecule has 0 amide bonds. The highest BCUT2D eigenvalue weighted by molar-refractivity contribution is 7.92. The zero-order chi connectivity index (χ0) is 28.9. The summed E-state index contributed by atoms with van der Waals surface area (Å²) in [7, 11) is -2.71. The third kappa shape index (κ3) is 6.71. The van der Waals surface area contributed by atoms with Crippen LogP contribution >= 0.6 is 0 Å². The molecule has 0 aliphatic rings. The highest BCUT2D eigenvalue weighted by Crippen LogP contribution is 2.41. The van der Waals surface area contributed by atoms with Crippen LogP contribution in [0.3, 0.4) is 0 Å². The number of benzene rings is 2. The van der Waals surface area contributed by atoms with E-state index in [1.165, 1.54) is 31.8 Å². The Kier molecular flexibility index (Phi) is 8.62. The summed E-state index contributed by atoms with van der Waals surface area (Å²) in [6.07, 6.45) is 1.56. The van der Waals surface area contributed by atoms with Crippen LogP contribution in [0.5, 0.6) is 23.1 Å². The first-order valence-electron chi connectivity index (χ1n) is 12.3. The van der Waals surface area contributed by atoms with Crippen molar-refractivity contribution in [2.75, 3.05) is 25.0 Å². The summed E-state index contributed by atoms with van der Waals surface area (Å²) in [5, 5.41) is 19.2. The molecule has 0 aliphatic carbocycles. The Balaban J connectivity index is 1.84. The number of nitrogens with zero attached hydrogens (tertiary/aromatic N) is 2. The zero-order valence-corrected chi connectivity index (χ0v) is 23.3. The molecule has 4 aromatic rings. The maximum absolute atomic E-state index is 13.5. The number of sulfonamides is 1. The second kappa shape index (κ2) is 11.9. The standard InChI is InChI=1S/C28H31N3O8S/c1-28(2,3)19-9-11-21(12-10-19)40(34,35)31-26-24(39-23-8-6-5-7-22(23)36-4)27(38-17-20(33)15-32)30-25(29-26)18-13-14-37-16-18/h5-14,16,20,32-33H,15,17H2,1-4H3,(H,29,30,31). The maximum atomic E-state index is 13.5. The summed E-state index contributed by atoms with van der Waals surface area (Å²) < 4.78 is 51.8. The van der Waals surface area contributed by atoms with E-state index < -0.39 is 22.7 Å². The molecule has 212 valence electrons. The SMILES string of the molecule is COc1ccccc1Oc1c(NS(=O)(=O)c2ccc(C(C)(C)C)cc2)nc(-c2ccoc2)nc1OCC(O)CO. The van der Waals surface area contributed by atoms with Crippen LogP contribution in [0.25, 0.3) is 11.4 Å². The Bertz CT molecular complexity index is 1530. The maximum Gasteiger partial charge on any atom is 0.263 e. The van der Waals surface area contributed by atoms with Gasteiger partial charge >= 0.3 is 0 Å². The Morgan fingerprint density at radius 1 is 1.02 bits per heavy atom. The first kappa shape index (κ1) is 28.9. The molecule has 1 unspecified atom stereocenters. The molecule has 2 aromatic carbocycles. The minimum atomic E-state index is -4.16. The van der Waals surface area contributed by atoms with Crippen LogP contribution in [0.2, 0.25) is 0 Å². The summed E-state index contributed by atoms with van der Waals surface area (Å²) in [5.41, 5.74) is 1.24. The van der Waals surface area contributed by atoms with Crippen molar-refractivity contribution >= 4 is 15.8 Å². The normalized spacial score (nSPS) is 12.6. The topological polar surface area (TPSA) is 153 Å². The number of aromatic nitrogens is 2. The van der Waals surface area contributed by atoms with Crippen molar-refractivity contribution in [2.24, 2.45) is 0 Å². The van der Waals surface area contributed by atoms with E-state index in [0.29, 0.717) is 11.3 Å². The van der Waals surface area contributed by atoms with Gasteiger partial charge in [0.1, 0.15) is 19.0 Å². The molecule has 1 atom stereocenters. The van der Waals surface area contributed by atoms with Crippen molar-refractivity contribution in [1.29, 1.82) is 0 Å². The molecule has 40 heavy (non-hydrogen) atoms. The van der Waals surface area contributed by atoms with E-state index in [-0.39, 0.29) is 45.9 Å². The number of aliphatic hydroxyl groups excluding tert-OH is 2. The highest BCUT2D eigenvalue weighted by atomic mass is 32.2. The predicted octanol–water partition coefficient (Wildman–Crippen LogP) is 4.37. The predicted molar refractivity (Wildman–Crippen MR) is 147 cm³/mol. The van der Waals surface area contributed by atoms with Gasteiger partial charge in [0.15, 0.2) is 23.1 Å². The fourth-order valence-corrected chi connectivity index (χ4v) is 4.58. The Morgan fingerprint density at radius 3 is 2.33 bits per heavy atom. The lowest BCUT2D eigenvalue weighted by Gasteiger charge is -2.20. The molecule has 3 N–H and O–H groups in total. The van der Waals surface area contributed by atoms with Gasteiger partial charge in [0.05, 0.1) is 30.4 Å². The molecule has 11 nitrogen and oxygen atoms in total. The van der Waals surface area contributed by atoms with Gasteiger partial charge in [-0.2, -0.15) is 4.98 Å². The lowest BCUT2D eigenvalue weighted by Crippen LogP contribution is -2.22. The van der Waals surface area contributed by atoms with E-state index in [1.54, 1.807) is 42.5 Å². The van der Waals surface area contributed by atoms with Gasteiger partial charge in [-0.1, -0.05) is 45.0 Å². The quantitative estimate of drug-likeness (QED) is 0.237. The van der Waals surface area contributed by atoms with Gasteiger partial charge in [-0.15, -0.1) is 0 Å². The number of methoxy groups -OCH3 is 1. The van der Waals surface area contributed by atoms with Gasteiger partial charge in [0.2, 0.25) is 5.75 Å². The minimum absolute atomic E-state index is 0.00499. The van der Waals surface area contributed by atoms with Gasteiger partial charge in [-0.05, 0) is 41.3 Å². The summed E-state index contributed by atoms with van der Waals surface area (Å²) in [4.78, 5) is 8.82. The number of hydrogen-bond acceptors (Lipinski definition) is 10. The molecular formula is C28H31N3O8S. The van der Waals surface area contributed by atoms with Crippen molar-refractivity contribution in [2.45, 2.75) is 37.2 Å². The average Bonchev–Trinajstić information content (AvgIpc) is 3.48. The fourth-order valence-electron chi connectivity index (χ4n) is 3.57. The van der Waals surface area contributed by atoms with Crippen molar-refractivity contribution in [1.82, 2.24) is 9.97 Å². The Hall–Kier alpha value is -4.13. The number of aliphatic hydroxyl groups is 2. The average molecular weight is 570 g/mol. The van der Waals surface area contributed by atoms with Crippen LogP contribution in [-0.4, -0.2) is 55.0 Å². The van der Waals surface area contributed by atoms with E-state index >= 15 is 0 Å². The second-order valence-corrected chi connectivity index (χ2v) is 11.5. The molecule has 4 rings (SSSR count). The van der Waals surface area contributed by atoms with Crippen LogP contribution in [-0.2, 0) is 15.4 Å². The van der Waals surface area contributed by atoms with Gasteiger partial charge < -0.3 is 28.8 Å². The van der Waals surface area contributed by atoms with E-state index in [1.807, 2.05) is 20.8 Å². The lowest BCUT2D eigenvalue weighted by atomic mass is 9.87. The molecular weight excluding hydrogens is 538 g/mol. The molecule has 0 bridgehead atoms. The van der Waals surface area contributed by atoms with E-state index in [9.17, 15) is 18.6 Å². The van der Waals surface area contributed by atoms with Crippen molar-refractivity contribution in [3.8, 4) is 34.5 Å². The number of anilines is 1. The van der Waals surface area contributed by atoms with Crippen LogP contribution in [0, 0.1) is 0 Å². The first-order valence-corrected chi connectivity index (χ1v) is 13.8. The molecule has 12 heteroatoms. The first-order chi connectivity index (χ1) is 19.0. The molecule has 0 saturated carbocycles. The summed E-state index contributed by atoms with van der Waals surface area (Å²) in [5.74, 6) is 0.0459. The molecule has 2 aromatic heterocycles. The monoisotopic (exact) mass is 569 g/mol. The smallest absolute Gasteiger partial charge is 0.263 e. The molecule has 0 spiro atoms. The molecule has 2 heterocycles. The van der Waals surface area contributed by atoms with Crippen LogP contribution in [0.15, 0.2) is 76.4 Å². The second-order valence-electron chi connectivity index (χ2n) is 9.82. The summed E-state index contributed by atoms with van der Waals surface area (Å²) >= 11 is 0. The number of nitrogens with one attached hydrogen (secondary N) is 1. The summed E-state index contributed by atoms with van der Waals surface area (Å²) in [6.45, 7) is 5.17. The van der Waals surface area contributed by atoms with Crippen molar-refractivity contribution in [3.05, 3.63) is 72.7 Å². The molecule has 0 radical (unpaired) electrons. The Morgan fingerprint density at radius 2 is 1.73 bits per heavy atom. The van der Waals surface area contributed by atoms with Gasteiger partial charge in [0.25, 0.3) is 15.9 Å². The number of rotatable bonds is 11. The van der Waals surface area contributed by atoms with Crippen LogP contribution < -0.4 is 18.9 Å². The zero-order valence-electron chi connectivity index (χ0n) is 22.5. The number of furan rings is 1. The highest BCUT2D eigenvalue weighted by Gasteiger charge is 2.26. The number of ether oxygens (including phenoxy) is 3. The van der Waals surface area contributed by atoms with Gasteiger partial charge in [-0.25, -0.2) is 13.4 Å². The van der Waals surface area contributed by atoms with E-state index in [4.69, 9.17) is 18.6 Å². The minimum Gasteiger partial charge on any atom is -0.493 e. The van der Waals surface area contributed by atoms with Crippen LogP contribution in [0.1, 0.15) is 26.3 Å². The largest absolute Gasteiger partial charge is 0.493 e. The molecule has 0 saturated heterocycles. The Labute approximate surface area is 232 Å².